The van der Waals surface area contributed by atoms with E-state index in [0.29, 0.717) is 58.4 Å². The molecule has 0 aliphatic rings. The van der Waals surface area contributed by atoms with Crippen LogP contribution in [0.3, 0.4) is 0 Å². The van der Waals surface area contributed by atoms with Crippen LogP contribution in [-0.4, -0.2) is 27.6 Å². The summed E-state index contributed by atoms with van der Waals surface area (Å²) in [6.07, 6.45) is 3.64. The van der Waals surface area contributed by atoms with E-state index in [4.69, 9.17) is 32.1 Å². The van der Waals surface area contributed by atoms with Crippen molar-refractivity contribution in [2.24, 2.45) is 0 Å². The van der Waals surface area contributed by atoms with Gasteiger partial charge in [-0.05, 0) is 31.5 Å². The van der Waals surface area contributed by atoms with E-state index in [1.54, 1.807) is 31.3 Å². The Morgan fingerprint density at radius 1 is 1.22 bits per heavy atom. The van der Waals surface area contributed by atoms with Crippen LogP contribution in [0.2, 0.25) is 10.0 Å². The maximum Gasteiger partial charge on any atom is 0.226 e. The number of hydrogen-bond donors (Lipinski definition) is 1. The molecule has 27 heavy (non-hydrogen) atoms. The Morgan fingerprint density at radius 3 is 2.81 bits per heavy atom. The molecule has 2 aromatic heterocycles. The molecule has 0 saturated carbocycles. The Morgan fingerprint density at radius 2 is 2.07 bits per heavy atom. The zero-order chi connectivity index (χ0) is 19.2. The Labute approximate surface area is 166 Å². The van der Waals surface area contributed by atoms with Crippen molar-refractivity contribution in [2.45, 2.75) is 32.6 Å². The van der Waals surface area contributed by atoms with Crippen LogP contribution in [0.5, 0.6) is 0 Å². The van der Waals surface area contributed by atoms with Crippen LogP contribution >= 0.6 is 23.2 Å². The molecule has 0 bridgehead atoms. The summed E-state index contributed by atoms with van der Waals surface area (Å²) in [5.74, 6) is 2.14. The van der Waals surface area contributed by atoms with Gasteiger partial charge < -0.3 is 14.3 Å². The van der Waals surface area contributed by atoms with Crippen LogP contribution in [0.1, 0.15) is 30.4 Å². The number of carbonyl (C=O) groups excluding carboxylic acids is 1. The number of rotatable bonds is 8. The Hall–Kier alpha value is -2.38. The molecule has 0 saturated heterocycles. The van der Waals surface area contributed by atoms with Crippen LogP contribution in [0.25, 0.3) is 11.3 Å². The van der Waals surface area contributed by atoms with Gasteiger partial charge in [-0.3, -0.25) is 4.79 Å². The van der Waals surface area contributed by atoms with Crippen LogP contribution in [0.15, 0.2) is 33.3 Å². The molecule has 0 aliphatic heterocycles. The van der Waals surface area contributed by atoms with Crippen LogP contribution in [0, 0.1) is 6.92 Å². The van der Waals surface area contributed by atoms with E-state index in [2.05, 4.69) is 20.4 Å². The summed E-state index contributed by atoms with van der Waals surface area (Å²) in [6.45, 7) is 2.31. The molecule has 0 fully saturated rings. The molecule has 142 valence electrons. The van der Waals surface area contributed by atoms with Gasteiger partial charge in [0.25, 0.3) is 0 Å². The topological polar surface area (TPSA) is 94.1 Å². The molecule has 0 atom stereocenters. The SMILES string of the molecule is Cc1noc(CCCNC(=O)CCc2ncc(-c3ccc(Cl)cc3Cl)o2)n1. The van der Waals surface area contributed by atoms with E-state index in [0.717, 1.165) is 6.42 Å². The number of halogens is 2. The second-order valence-corrected chi connectivity index (χ2v) is 6.77. The van der Waals surface area contributed by atoms with Gasteiger partial charge in [0.05, 0.1) is 11.2 Å². The highest BCUT2D eigenvalue weighted by atomic mass is 35.5. The Kier molecular flexibility index (Phi) is 6.47. The summed E-state index contributed by atoms with van der Waals surface area (Å²) in [7, 11) is 0. The first-order chi connectivity index (χ1) is 13.0. The first-order valence-corrected chi connectivity index (χ1v) is 9.23. The normalized spacial score (nSPS) is 10.9. The second kappa shape index (κ2) is 9.01. The lowest BCUT2D eigenvalue weighted by Crippen LogP contribution is -2.25. The second-order valence-electron chi connectivity index (χ2n) is 5.93. The van der Waals surface area contributed by atoms with Gasteiger partial charge in [-0.25, -0.2) is 4.98 Å². The van der Waals surface area contributed by atoms with Crippen molar-refractivity contribution in [1.82, 2.24) is 20.4 Å². The molecule has 0 unspecified atom stereocenters. The molecule has 1 amide bonds. The maximum atomic E-state index is 11.9. The van der Waals surface area contributed by atoms with Gasteiger partial charge in [0.2, 0.25) is 11.8 Å². The molecular formula is C18H18Cl2N4O3. The number of nitrogens with one attached hydrogen (secondary N) is 1. The van der Waals surface area contributed by atoms with Gasteiger partial charge in [-0.2, -0.15) is 4.98 Å². The number of aromatic nitrogens is 3. The minimum atomic E-state index is -0.0685. The molecule has 0 radical (unpaired) electrons. The summed E-state index contributed by atoms with van der Waals surface area (Å²) in [4.78, 5) is 20.2. The van der Waals surface area contributed by atoms with Crippen molar-refractivity contribution in [3.8, 4) is 11.3 Å². The minimum absolute atomic E-state index is 0.0685. The Bertz CT molecular complexity index is 923. The molecule has 9 heteroatoms. The fourth-order valence-corrected chi connectivity index (χ4v) is 2.96. The third-order valence-electron chi connectivity index (χ3n) is 3.78. The van der Waals surface area contributed by atoms with Gasteiger partial charge in [-0.15, -0.1) is 0 Å². The van der Waals surface area contributed by atoms with Crippen molar-refractivity contribution < 1.29 is 13.7 Å². The van der Waals surface area contributed by atoms with Gasteiger partial charge in [0.15, 0.2) is 17.5 Å². The van der Waals surface area contributed by atoms with Crippen molar-refractivity contribution in [3.05, 3.63) is 52.0 Å². The number of benzene rings is 1. The maximum absolute atomic E-state index is 11.9. The lowest BCUT2D eigenvalue weighted by atomic mass is 10.2. The number of carbonyl (C=O) groups is 1. The monoisotopic (exact) mass is 408 g/mol. The van der Waals surface area contributed by atoms with E-state index in [-0.39, 0.29) is 12.3 Å². The molecule has 2 heterocycles. The highest BCUT2D eigenvalue weighted by Gasteiger charge is 2.12. The van der Waals surface area contributed by atoms with Crippen LogP contribution < -0.4 is 5.32 Å². The molecule has 1 N–H and O–H groups in total. The zero-order valence-electron chi connectivity index (χ0n) is 14.7. The molecule has 7 nitrogen and oxygen atoms in total. The fourth-order valence-electron chi connectivity index (χ4n) is 2.46. The predicted molar refractivity (Wildman–Crippen MR) is 101 cm³/mol. The standard InChI is InChI=1S/C18H18Cl2N4O3/c1-11-23-18(27-24-11)3-2-8-21-16(25)6-7-17-22-10-15(26-17)13-5-4-12(19)9-14(13)20/h4-5,9-10H,2-3,6-8H2,1H3,(H,21,25). The van der Waals surface area contributed by atoms with E-state index in [1.165, 1.54) is 0 Å². The summed E-state index contributed by atoms with van der Waals surface area (Å²) >= 11 is 12.1. The van der Waals surface area contributed by atoms with Crippen LogP contribution in [0.4, 0.5) is 0 Å². The highest BCUT2D eigenvalue weighted by Crippen LogP contribution is 2.30. The molecule has 0 aliphatic carbocycles. The number of nitrogens with zero attached hydrogens (tertiary/aromatic N) is 3. The predicted octanol–water partition coefficient (Wildman–Crippen LogP) is 4.02. The number of aryl methyl sites for hydroxylation is 3. The highest BCUT2D eigenvalue weighted by molar-refractivity contribution is 6.36. The summed E-state index contributed by atoms with van der Waals surface area (Å²) < 4.78 is 10.7. The molecule has 0 spiro atoms. The number of hydrogen-bond acceptors (Lipinski definition) is 6. The fraction of sp³-hybridized carbons (Fsp3) is 0.333. The molecule has 1 aromatic carbocycles. The third kappa shape index (κ3) is 5.55. The Balaban J connectivity index is 1.42. The van der Waals surface area contributed by atoms with E-state index in [9.17, 15) is 4.79 Å². The molecule has 3 rings (SSSR count). The van der Waals surface area contributed by atoms with Crippen molar-refractivity contribution in [2.75, 3.05) is 6.54 Å². The van der Waals surface area contributed by atoms with Crippen molar-refractivity contribution >= 4 is 29.1 Å². The van der Waals surface area contributed by atoms with E-state index >= 15 is 0 Å². The lowest BCUT2D eigenvalue weighted by Gasteiger charge is -2.03. The van der Waals surface area contributed by atoms with Gasteiger partial charge in [0, 0.05) is 36.4 Å². The molecule has 3 aromatic rings. The van der Waals surface area contributed by atoms with Crippen LogP contribution in [-0.2, 0) is 17.6 Å². The minimum Gasteiger partial charge on any atom is -0.441 e. The quantitative estimate of drug-likeness (QED) is 0.565. The first kappa shape index (κ1) is 19.4. The molecular weight excluding hydrogens is 391 g/mol. The summed E-state index contributed by atoms with van der Waals surface area (Å²) in [6, 6.07) is 5.14. The first-order valence-electron chi connectivity index (χ1n) is 8.47. The van der Waals surface area contributed by atoms with Crippen molar-refractivity contribution in [1.29, 1.82) is 0 Å². The smallest absolute Gasteiger partial charge is 0.226 e. The van der Waals surface area contributed by atoms with Gasteiger partial charge in [-0.1, -0.05) is 28.4 Å². The van der Waals surface area contributed by atoms with Gasteiger partial charge >= 0.3 is 0 Å². The summed E-state index contributed by atoms with van der Waals surface area (Å²) in [5, 5.41) is 7.61. The number of amides is 1. The summed E-state index contributed by atoms with van der Waals surface area (Å²) in [5.41, 5.74) is 0.709. The van der Waals surface area contributed by atoms with E-state index < -0.39 is 0 Å². The number of oxazole rings is 1. The lowest BCUT2D eigenvalue weighted by molar-refractivity contribution is -0.121. The zero-order valence-corrected chi connectivity index (χ0v) is 16.2. The largest absolute Gasteiger partial charge is 0.441 e. The third-order valence-corrected chi connectivity index (χ3v) is 4.32. The van der Waals surface area contributed by atoms with Crippen molar-refractivity contribution in [3.63, 3.8) is 0 Å². The van der Waals surface area contributed by atoms with Gasteiger partial charge in [0.1, 0.15) is 0 Å². The average molecular weight is 409 g/mol. The average Bonchev–Trinajstić information content (AvgIpc) is 3.26. The van der Waals surface area contributed by atoms with E-state index in [1.807, 2.05) is 0 Å².